The molecule has 0 aliphatic carbocycles. The molecule has 2 aromatic rings. The van der Waals surface area contributed by atoms with Crippen LogP contribution in [0.4, 0.5) is 10.5 Å². The summed E-state index contributed by atoms with van der Waals surface area (Å²) in [5, 5.41) is 2.56. The number of amides is 2. The molecule has 0 unspecified atom stereocenters. The van der Waals surface area contributed by atoms with Gasteiger partial charge in [0.05, 0.1) is 19.0 Å². The third-order valence-electron chi connectivity index (χ3n) is 3.33. The van der Waals surface area contributed by atoms with Crippen LogP contribution in [0.2, 0.25) is 0 Å². The molecule has 0 fully saturated rings. The molecule has 1 aromatic carbocycles. The summed E-state index contributed by atoms with van der Waals surface area (Å²) in [7, 11) is 1.59. The Morgan fingerprint density at radius 3 is 2.52 bits per heavy atom. The summed E-state index contributed by atoms with van der Waals surface area (Å²) in [6.45, 7) is 3.29. The van der Waals surface area contributed by atoms with E-state index in [-0.39, 0.29) is 0 Å². The lowest BCUT2D eigenvalue weighted by atomic mass is 10.2. The number of aromatic nitrogens is 1. The average molecular weight is 345 g/mol. The van der Waals surface area contributed by atoms with Crippen LogP contribution >= 0.6 is 0 Å². The van der Waals surface area contributed by atoms with Gasteiger partial charge in [0.1, 0.15) is 11.5 Å². The highest BCUT2D eigenvalue weighted by Gasteiger charge is 2.16. The summed E-state index contributed by atoms with van der Waals surface area (Å²) in [6.07, 6.45) is -0.592. The highest BCUT2D eigenvalue weighted by molar-refractivity contribution is 5.94. The molecule has 0 saturated heterocycles. The number of benzene rings is 1. The van der Waals surface area contributed by atoms with E-state index >= 15 is 0 Å². The van der Waals surface area contributed by atoms with Crippen molar-refractivity contribution < 1.29 is 23.8 Å². The number of nitrogens with zero attached hydrogens (tertiary/aromatic N) is 1. The molecular weight excluding hydrogens is 326 g/mol. The second-order valence-corrected chi connectivity index (χ2v) is 5.14. The molecular formula is C17H19N3O5. The monoisotopic (exact) mass is 345 g/mol. The summed E-state index contributed by atoms with van der Waals surface area (Å²) >= 11 is 0. The summed E-state index contributed by atoms with van der Waals surface area (Å²) < 4.78 is 15.6. The molecule has 3 N–H and O–H groups in total. The lowest BCUT2D eigenvalue weighted by Crippen LogP contribution is -2.31. The molecule has 2 amide bonds. The highest BCUT2D eigenvalue weighted by atomic mass is 16.6. The number of hydrogen-bond donors (Lipinski definition) is 2. The molecule has 1 atom stereocenters. The number of anilines is 1. The van der Waals surface area contributed by atoms with E-state index in [0.717, 1.165) is 5.56 Å². The molecule has 0 spiro atoms. The Balaban J connectivity index is 2.03. The first-order chi connectivity index (χ1) is 11.9. The van der Waals surface area contributed by atoms with Crippen molar-refractivity contribution in [2.75, 3.05) is 12.4 Å². The maximum Gasteiger partial charge on any atom is 0.405 e. The molecule has 8 nitrogen and oxygen atoms in total. The molecule has 0 bridgehead atoms. The summed E-state index contributed by atoms with van der Waals surface area (Å²) in [4.78, 5) is 26.6. The first-order valence-corrected chi connectivity index (χ1v) is 7.45. The summed E-state index contributed by atoms with van der Waals surface area (Å²) in [5.74, 6) is 1.17. The third-order valence-corrected chi connectivity index (χ3v) is 3.33. The van der Waals surface area contributed by atoms with E-state index in [1.807, 2.05) is 19.1 Å². The number of hydrogen-bond acceptors (Lipinski definition) is 6. The Hall–Kier alpha value is -3.29. The minimum atomic E-state index is -1.02. The van der Waals surface area contributed by atoms with Gasteiger partial charge in [0, 0.05) is 11.6 Å². The van der Waals surface area contributed by atoms with Gasteiger partial charge in [-0.25, -0.2) is 9.78 Å². The first-order valence-electron chi connectivity index (χ1n) is 7.45. The van der Waals surface area contributed by atoms with E-state index in [4.69, 9.17) is 15.2 Å². The van der Waals surface area contributed by atoms with Gasteiger partial charge in [-0.15, -0.1) is 0 Å². The van der Waals surface area contributed by atoms with Gasteiger partial charge in [-0.1, -0.05) is 6.07 Å². The van der Waals surface area contributed by atoms with E-state index in [2.05, 4.69) is 15.0 Å². The standard InChI is InChI=1S/C17H19N3O5/c1-10-13(23-3)5-4-6-14(10)25-15-8-7-12(9-19-15)20-16(21)11(2)24-17(18)22/h4-9,11H,1-3H3,(H2,18,22)(H,20,21)/t11-/m1/s1. The van der Waals surface area contributed by atoms with E-state index in [9.17, 15) is 9.59 Å². The van der Waals surface area contributed by atoms with Crippen molar-refractivity contribution in [3.05, 3.63) is 42.1 Å². The molecule has 0 aliphatic heterocycles. The predicted octanol–water partition coefficient (Wildman–Crippen LogP) is 2.61. The zero-order valence-corrected chi connectivity index (χ0v) is 14.1. The van der Waals surface area contributed by atoms with Gasteiger partial charge in [-0.05, 0) is 32.0 Å². The fourth-order valence-corrected chi connectivity index (χ4v) is 2.02. The van der Waals surface area contributed by atoms with Gasteiger partial charge in [-0.2, -0.15) is 0 Å². The lowest BCUT2D eigenvalue weighted by molar-refractivity contribution is -0.123. The molecule has 0 saturated carbocycles. The molecule has 0 radical (unpaired) electrons. The molecule has 0 aliphatic rings. The van der Waals surface area contributed by atoms with Crippen LogP contribution in [0.25, 0.3) is 0 Å². The quantitative estimate of drug-likeness (QED) is 0.832. The minimum Gasteiger partial charge on any atom is -0.496 e. The van der Waals surface area contributed by atoms with Crippen molar-refractivity contribution in [3.63, 3.8) is 0 Å². The lowest BCUT2D eigenvalue weighted by Gasteiger charge is -2.13. The van der Waals surface area contributed by atoms with E-state index in [1.54, 1.807) is 25.3 Å². The van der Waals surface area contributed by atoms with Gasteiger partial charge in [0.2, 0.25) is 5.88 Å². The van der Waals surface area contributed by atoms with E-state index in [1.165, 1.54) is 13.1 Å². The van der Waals surface area contributed by atoms with Crippen molar-refractivity contribution in [1.82, 2.24) is 4.98 Å². The Labute approximate surface area is 144 Å². The van der Waals surface area contributed by atoms with Crippen molar-refractivity contribution in [3.8, 4) is 17.4 Å². The number of rotatable bonds is 6. The van der Waals surface area contributed by atoms with E-state index in [0.29, 0.717) is 23.1 Å². The maximum atomic E-state index is 11.8. The minimum absolute atomic E-state index is 0.357. The topological polar surface area (TPSA) is 113 Å². The predicted molar refractivity (Wildman–Crippen MR) is 90.8 cm³/mol. The smallest absolute Gasteiger partial charge is 0.405 e. The number of primary amides is 1. The summed E-state index contributed by atoms with van der Waals surface area (Å²) in [5.41, 5.74) is 6.15. The highest BCUT2D eigenvalue weighted by Crippen LogP contribution is 2.30. The Morgan fingerprint density at radius 1 is 1.20 bits per heavy atom. The molecule has 25 heavy (non-hydrogen) atoms. The number of nitrogens with one attached hydrogen (secondary N) is 1. The van der Waals surface area contributed by atoms with Crippen LogP contribution in [0, 0.1) is 6.92 Å². The number of nitrogens with two attached hydrogens (primary N) is 1. The second kappa shape index (κ2) is 8.00. The summed E-state index contributed by atoms with van der Waals surface area (Å²) in [6, 6.07) is 8.68. The largest absolute Gasteiger partial charge is 0.496 e. The van der Waals surface area contributed by atoms with Crippen LogP contribution in [0.15, 0.2) is 36.5 Å². The SMILES string of the molecule is COc1cccc(Oc2ccc(NC(=O)[C@@H](C)OC(N)=O)cn2)c1C. The van der Waals surface area contributed by atoms with Gasteiger partial charge < -0.3 is 25.3 Å². The number of methoxy groups -OCH3 is 1. The average Bonchev–Trinajstić information content (AvgIpc) is 2.57. The van der Waals surface area contributed by atoms with Crippen LogP contribution < -0.4 is 20.5 Å². The van der Waals surface area contributed by atoms with Crippen molar-refractivity contribution in [1.29, 1.82) is 0 Å². The third kappa shape index (κ3) is 4.84. The molecule has 132 valence electrons. The Morgan fingerprint density at radius 2 is 1.92 bits per heavy atom. The number of ether oxygens (including phenoxy) is 3. The van der Waals surface area contributed by atoms with Crippen LogP contribution in [-0.4, -0.2) is 30.2 Å². The molecule has 1 heterocycles. The van der Waals surface area contributed by atoms with Crippen molar-refractivity contribution in [2.45, 2.75) is 20.0 Å². The van der Waals surface area contributed by atoms with Gasteiger partial charge >= 0.3 is 6.09 Å². The van der Waals surface area contributed by atoms with Crippen LogP contribution in [0.5, 0.6) is 17.4 Å². The van der Waals surface area contributed by atoms with Gasteiger partial charge in [-0.3, -0.25) is 4.79 Å². The fourth-order valence-electron chi connectivity index (χ4n) is 2.02. The number of carbonyl (C=O) groups is 2. The molecule has 1 aromatic heterocycles. The molecule has 8 heteroatoms. The zero-order valence-electron chi connectivity index (χ0n) is 14.1. The van der Waals surface area contributed by atoms with Gasteiger partial charge in [0.25, 0.3) is 5.91 Å². The van der Waals surface area contributed by atoms with Crippen LogP contribution in [0.1, 0.15) is 12.5 Å². The molecule has 2 rings (SSSR count). The Kier molecular flexibility index (Phi) is 5.78. The normalized spacial score (nSPS) is 11.3. The number of pyridine rings is 1. The Bertz CT molecular complexity index is 761. The number of carbonyl (C=O) groups excluding carboxylic acids is 2. The fraction of sp³-hybridized carbons (Fsp3) is 0.235. The van der Waals surface area contributed by atoms with Crippen molar-refractivity contribution in [2.24, 2.45) is 5.73 Å². The zero-order chi connectivity index (χ0) is 18.4. The maximum absolute atomic E-state index is 11.8. The van der Waals surface area contributed by atoms with E-state index < -0.39 is 18.1 Å². The van der Waals surface area contributed by atoms with Gasteiger partial charge in [0.15, 0.2) is 6.10 Å². The van der Waals surface area contributed by atoms with Crippen LogP contribution in [-0.2, 0) is 9.53 Å². The van der Waals surface area contributed by atoms with Crippen molar-refractivity contribution >= 4 is 17.7 Å². The first kappa shape index (κ1) is 18.1. The van der Waals surface area contributed by atoms with Crippen LogP contribution in [0.3, 0.4) is 0 Å². The second-order valence-electron chi connectivity index (χ2n) is 5.14.